The van der Waals surface area contributed by atoms with Crippen molar-refractivity contribution in [3.63, 3.8) is 0 Å². The molecule has 4 rings (SSSR count). The van der Waals surface area contributed by atoms with Crippen LogP contribution in [0, 0.1) is 35.5 Å². The van der Waals surface area contributed by atoms with Crippen molar-refractivity contribution in [2.75, 3.05) is 61.0 Å². The summed E-state index contributed by atoms with van der Waals surface area (Å²) >= 11 is 0. The van der Waals surface area contributed by atoms with Crippen molar-refractivity contribution in [2.24, 2.45) is 35.5 Å². The number of fused-ring (bicyclic) bond motifs is 3. The van der Waals surface area contributed by atoms with Crippen LogP contribution in [-0.4, -0.2) is 165 Å². The molecule has 1 aliphatic carbocycles. The van der Waals surface area contributed by atoms with Crippen LogP contribution in [0.2, 0.25) is 0 Å². The van der Waals surface area contributed by atoms with Crippen LogP contribution in [0.4, 0.5) is 0 Å². The maximum absolute atomic E-state index is 14.6. The number of hydrogen-bond donors (Lipinski definition) is 3. The van der Waals surface area contributed by atoms with Gasteiger partial charge >= 0.3 is 13.6 Å². The minimum Gasteiger partial charge on any atom is -0.460 e. The predicted molar refractivity (Wildman–Crippen MR) is 281 cm³/mol. The molecule has 3 unspecified atom stereocenters. The number of piperidine rings is 1. The average molecular weight is 1080 g/mol. The quantitative estimate of drug-likeness (QED) is 0.0519. The summed E-state index contributed by atoms with van der Waals surface area (Å²) < 4.78 is 59.8. The predicted octanol–water partition coefficient (Wildman–Crippen LogP) is 7.05. The highest BCUT2D eigenvalue weighted by Crippen LogP contribution is 2.48. The fourth-order valence-corrected chi connectivity index (χ4v) is 12.1. The van der Waals surface area contributed by atoms with Gasteiger partial charge in [-0.1, -0.05) is 71.1 Å². The molecule has 3 aliphatic heterocycles. The molecule has 0 aromatic heterocycles. The first-order chi connectivity index (χ1) is 35.5. The molecule has 0 radical (unpaired) electrons. The zero-order chi connectivity index (χ0) is 55.6. The van der Waals surface area contributed by atoms with Crippen LogP contribution < -0.4 is 0 Å². The molecule has 0 aromatic rings. The summed E-state index contributed by atoms with van der Waals surface area (Å²) in [5, 5.41) is 32.5. The molecule has 2 saturated heterocycles. The lowest BCUT2D eigenvalue weighted by atomic mass is 9.78. The van der Waals surface area contributed by atoms with E-state index in [1.165, 1.54) is 18.7 Å². The van der Waals surface area contributed by atoms with Gasteiger partial charge in [-0.3, -0.25) is 23.7 Å². The Morgan fingerprint density at radius 3 is 2.27 bits per heavy atom. The summed E-state index contributed by atoms with van der Waals surface area (Å²) in [7, 11) is 0.977. The fourth-order valence-electron chi connectivity index (χ4n) is 10.9. The van der Waals surface area contributed by atoms with Gasteiger partial charge < -0.3 is 57.7 Å². The van der Waals surface area contributed by atoms with E-state index in [9.17, 15) is 38.8 Å². The molecule has 0 aromatic carbocycles. The van der Waals surface area contributed by atoms with Gasteiger partial charge in [0.2, 0.25) is 5.79 Å². The Bertz CT molecular complexity index is 2060. The van der Waals surface area contributed by atoms with Gasteiger partial charge in [0.1, 0.15) is 30.1 Å². The second-order valence-electron chi connectivity index (χ2n) is 21.6. The molecule has 16 atom stereocenters. The van der Waals surface area contributed by atoms with E-state index < -0.39 is 103 Å². The molecule has 0 spiro atoms. The van der Waals surface area contributed by atoms with Crippen molar-refractivity contribution in [3.8, 4) is 0 Å². The van der Waals surface area contributed by atoms with E-state index in [2.05, 4.69) is 0 Å². The van der Waals surface area contributed by atoms with Crippen LogP contribution in [0.3, 0.4) is 0 Å². The molecule has 1 saturated carbocycles. The first-order valence-corrected chi connectivity index (χ1v) is 29.1. The van der Waals surface area contributed by atoms with E-state index in [4.69, 9.17) is 42.6 Å². The van der Waals surface area contributed by atoms with E-state index in [1.54, 1.807) is 48.0 Å². The standard InChI is InChI=1S/C56H90NO17P/c1-35-17-13-12-14-18-36(2)47(67-8)33-43-22-20-41(7)56(65,73-43)53(62)54(63)57-24-16-15-19-44(57)55(64)72-48(34-45(59)37(3)30-40(6)51(61)52(69-10)50(60)39(5)29-35)38(4)31-42-21-23-46(49(32-42)68-9)74-75(11,66)71-28-27-70-26-25-58/h12-14,17-18,30,35,37-39,41-44,46-49,51-52,58,61,65H,15-16,19-29,31-34H2,1-11H3/b14-12?,17-13+,36-18?,40-30+/t35-,37-,38-,39-,41-,42+,43?,44?,46-,47+,48+,49-,51-,52+,56-,75?/m1/s1. The Hall–Kier alpha value is -3.26. The molecule has 19 heteroatoms. The van der Waals surface area contributed by atoms with Crippen LogP contribution in [0.25, 0.3) is 0 Å². The van der Waals surface area contributed by atoms with E-state index in [-0.39, 0.29) is 69.2 Å². The fraction of sp³-hybridized carbons (Fsp3) is 0.768. The third-order valence-electron chi connectivity index (χ3n) is 15.6. The molecule has 426 valence electrons. The third kappa shape index (κ3) is 18.7. The van der Waals surface area contributed by atoms with Crippen LogP contribution in [0.15, 0.2) is 47.6 Å². The Morgan fingerprint density at radius 1 is 0.853 bits per heavy atom. The Balaban J connectivity index is 1.66. The molecule has 4 aliphatic rings. The summed E-state index contributed by atoms with van der Waals surface area (Å²) in [6.07, 6.45) is 10.3. The molecular formula is C56H90NO17P. The maximum atomic E-state index is 14.6. The number of nitrogens with zero attached hydrogens (tertiary/aromatic N) is 1. The number of ketones is 3. The van der Waals surface area contributed by atoms with E-state index in [1.807, 2.05) is 51.2 Å². The van der Waals surface area contributed by atoms with Gasteiger partial charge in [0.15, 0.2) is 5.78 Å². The van der Waals surface area contributed by atoms with Crippen molar-refractivity contribution >= 4 is 36.8 Å². The van der Waals surface area contributed by atoms with Crippen molar-refractivity contribution in [3.05, 3.63) is 47.6 Å². The molecule has 18 nitrogen and oxygen atoms in total. The second-order valence-corrected chi connectivity index (χ2v) is 23.6. The SMILES string of the molecule is CO[C@H]1CC2CC[C@@H](C)[C@@](O)(O2)C(=O)C(=O)N2CCCCC2C(=O)O[C@H]([C@H](C)C[C@@H]2CC[C@@H](OP(C)(=O)OCCOCCO)[C@H](OC)C2)CC(=O)[C@H](C)/C=C(\C)[C@@H](O)[C@@H](OC)C(=O)[C@H](C)C[C@H](C)/C=C/C=CC=C1C. The van der Waals surface area contributed by atoms with Gasteiger partial charge in [-0.2, -0.15) is 0 Å². The number of cyclic esters (lactones) is 1. The minimum absolute atomic E-state index is 0.000234. The normalized spacial score (nSPS) is 36.4. The van der Waals surface area contributed by atoms with Gasteiger partial charge in [0.25, 0.3) is 11.7 Å². The lowest BCUT2D eigenvalue weighted by molar-refractivity contribution is -0.265. The first-order valence-electron chi connectivity index (χ1n) is 27.1. The van der Waals surface area contributed by atoms with E-state index in [0.29, 0.717) is 69.8 Å². The summed E-state index contributed by atoms with van der Waals surface area (Å²) in [4.78, 5) is 72.6. The monoisotopic (exact) mass is 1080 g/mol. The molecule has 2 bridgehead atoms. The zero-order valence-corrected chi connectivity index (χ0v) is 47.4. The first kappa shape index (κ1) is 64.3. The summed E-state index contributed by atoms with van der Waals surface area (Å²) in [6.45, 7) is 14.1. The number of carbonyl (C=O) groups is 5. The summed E-state index contributed by atoms with van der Waals surface area (Å²) in [5.74, 6) is -8.47. The van der Waals surface area contributed by atoms with Crippen LogP contribution in [-0.2, 0) is 66.0 Å². The molecule has 1 amide bonds. The number of methoxy groups -OCH3 is 3. The van der Waals surface area contributed by atoms with Crippen molar-refractivity contribution < 1.29 is 81.3 Å². The van der Waals surface area contributed by atoms with E-state index in [0.717, 1.165) is 5.57 Å². The Labute approximate surface area is 445 Å². The Morgan fingerprint density at radius 2 is 1.59 bits per heavy atom. The third-order valence-corrected chi connectivity index (χ3v) is 16.9. The number of allylic oxidation sites excluding steroid dienone is 6. The number of carbonyl (C=O) groups excluding carboxylic acids is 5. The average Bonchev–Trinajstić information content (AvgIpc) is 3.37. The zero-order valence-electron chi connectivity index (χ0n) is 46.5. The molecule has 3 N–H and O–H groups in total. The summed E-state index contributed by atoms with van der Waals surface area (Å²) in [5.41, 5.74) is 1.22. The lowest BCUT2D eigenvalue weighted by Crippen LogP contribution is -2.61. The number of esters is 1. The number of aliphatic hydroxyl groups excluding tert-OH is 2. The number of ether oxygens (including phenoxy) is 6. The molecule has 75 heavy (non-hydrogen) atoms. The highest BCUT2D eigenvalue weighted by atomic mass is 31.2. The summed E-state index contributed by atoms with van der Waals surface area (Å²) in [6, 6.07) is -1.19. The topological polar surface area (TPSA) is 240 Å². The molecule has 3 heterocycles. The van der Waals surface area contributed by atoms with Crippen molar-refractivity contribution in [1.82, 2.24) is 4.90 Å². The van der Waals surface area contributed by atoms with E-state index >= 15 is 0 Å². The van der Waals surface area contributed by atoms with Crippen molar-refractivity contribution in [1.29, 1.82) is 0 Å². The number of aliphatic hydroxyl groups is 3. The minimum atomic E-state index is -3.51. The van der Waals surface area contributed by atoms with Gasteiger partial charge in [0.05, 0.1) is 50.8 Å². The number of hydrogen-bond acceptors (Lipinski definition) is 17. The lowest BCUT2D eigenvalue weighted by Gasteiger charge is -2.42. The van der Waals surface area contributed by atoms with Crippen LogP contribution >= 0.6 is 7.60 Å². The van der Waals surface area contributed by atoms with Gasteiger partial charge in [-0.15, -0.1) is 0 Å². The Kier molecular flexibility index (Phi) is 26.4. The number of Topliss-reactive ketones (excluding diaryl/α,β-unsaturated/α-hetero) is 3. The smallest absolute Gasteiger partial charge is 0.329 e. The van der Waals surface area contributed by atoms with Crippen molar-refractivity contribution in [2.45, 2.75) is 180 Å². The second kappa shape index (κ2) is 30.8. The van der Waals surface area contributed by atoms with Gasteiger partial charge in [-0.25, -0.2) is 4.79 Å². The maximum Gasteiger partial charge on any atom is 0.329 e. The number of rotatable bonds is 14. The highest BCUT2D eigenvalue weighted by molar-refractivity contribution is 7.53. The van der Waals surface area contributed by atoms with Gasteiger partial charge in [0, 0.05) is 65.1 Å². The van der Waals surface area contributed by atoms with Gasteiger partial charge in [-0.05, 0) is 107 Å². The largest absolute Gasteiger partial charge is 0.460 e. The van der Waals surface area contributed by atoms with Crippen LogP contribution in [0.5, 0.6) is 0 Å². The van der Waals surface area contributed by atoms with Crippen LogP contribution in [0.1, 0.15) is 126 Å². The molecule has 3 fully saturated rings. The highest BCUT2D eigenvalue weighted by Gasteiger charge is 2.53. The number of amides is 1. The molecular weight excluding hydrogens is 990 g/mol.